The molecule has 4 heterocycles. The van der Waals surface area contributed by atoms with E-state index in [4.69, 9.17) is 8.83 Å². The molecule has 0 fully saturated rings. The SMILES string of the molecule is c1ccc(-n2c3ccccc3c3cc4c(cc32)N(c2cccc(-c3ccc5ccccc5c3)c2)c2ccccc2C42c3ccoc3-c3occc32)cc1. The summed E-state index contributed by atoms with van der Waals surface area (Å²) in [7, 11) is 0. The summed E-state index contributed by atoms with van der Waals surface area (Å²) in [6, 6.07) is 61.7. The van der Waals surface area contributed by atoms with Gasteiger partial charge in [-0.25, -0.2) is 0 Å². The van der Waals surface area contributed by atoms with Crippen LogP contribution in [0.15, 0.2) is 191 Å². The van der Waals surface area contributed by atoms with Crippen molar-refractivity contribution in [2.24, 2.45) is 0 Å². The van der Waals surface area contributed by atoms with Crippen LogP contribution in [0.5, 0.6) is 0 Å². The molecule has 0 unspecified atom stereocenters. The fourth-order valence-electron chi connectivity index (χ4n) is 9.36. The highest BCUT2D eigenvalue weighted by Gasteiger charge is 2.55. The fraction of sp³-hybridized carbons (Fsp3) is 0.0204. The topological polar surface area (TPSA) is 34.5 Å². The van der Waals surface area contributed by atoms with Crippen molar-refractivity contribution in [1.29, 1.82) is 0 Å². The number of para-hydroxylation sites is 3. The summed E-state index contributed by atoms with van der Waals surface area (Å²) in [5.74, 6) is 1.59. The van der Waals surface area contributed by atoms with Crippen LogP contribution in [0.2, 0.25) is 0 Å². The van der Waals surface area contributed by atoms with Gasteiger partial charge in [0.25, 0.3) is 0 Å². The lowest BCUT2D eigenvalue weighted by Gasteiger charge is -2.44. The Morgan fingerprint density at radius 1 is 0.396 bits per heavy atom. The summed E-state index contributed by atoms with van der Waals surface area (Å²) in [4.78, 5) is 2.46. The van der Waals surface area contributed by atoms with Crippen LogP contribution in [0.4, 0.5) is 17.1 Å². The third kappa shape index (κ3) is 3.74. The molecule has 0 bridgehead atoms. The van der Waals surface area contributed by atoms with Crippen molar-refractivity contribution < 1.29 is 8.83 Å². The second-order valence-electron chi connectivity index (χ2n) is 14.1. The average molecular weight is 679 g/mol. The first kappa shape index (κ1) is 28.6. The van der Waals surface area contributed by atoms with Crippen LogP contribution in [0.3, 0.4) is 0 Å². The van der Waals surface area contributed by atoms with E-state index in [2.05, 4.69) is 179 Å². The number of anilines is 3. The third-order valence-electron chi connectivity index (χ3n) is 11.5. The van der Waals surface area contributed by atoms with Gasteiger partial charge in [0.15, 0.2) is 11.5 Å². The van der Waals surface area contributed by atoms with Gasteiger partial charge in [-0.2, -0.15) is 0 Å². The number of benzene rings is 7. The Kier molecular flexibility index (Phi) is 5.67. The Morgan fingerprint density at radius 2 is 1.09 bits per heavy atom. The van der Waals surface area contributed by atoms with E-state index >= 15 is 0 Å². The van der Waals surface area contributed by atoms with E-state index in [0.29, 0.717) is 0 Å². The predicted molar refractivity (Wildman–Crippen MR) is 214 cm³/mol. The molecule has 3 aromatic heterocycles. The molecule has 0 radical (unpaired) electrons. The minimum Gasteiger partial charge on any atom is -0.461 e. The van der Waals surface area contributed by atoms with E-state index in [1.54, 1.807) is 12.5 Å². The van der Waals surface area contributed by atoms with E-state index in [1.165, 1.54) is 49.3 Å². The second kappa shape index (κ2) is 10.5. The van der Waals surface area contributed by atoms with Crippen molar-refractivity contribution in [2.45, 2.75) is 5.41 Å². The molecule has 0 amide bonds. The van der Waals surface area contributed by atoms with E-state index in [0.717, 1.165) is 50.9 Å². The van der Waals surface area contributed by atoms with Crippen LogP contribution in [0.25, 0.3) is 60.9 Å². The lowest BCUT2D eigenvalue weighted by molar-refractivity contribution is 0.525. The highest BCUT2D eigenvalue weighted by Crippen LogP contribution is 2.64. The summed E-state index contributed by atoms with van der Waals surface area (Å²) in [5, 5.41) is 4.89. The summed E-state index contributed by atoms with van der Waals surface area (Å²) in [5.41, 5.74) is 13.1. The summed E-state index contributed by atoms with van der Waals surface area (Å²) >= 11 is 0. The lowest BCUT2D eigenvalue weighted by atomic mass is 9.65. The van der Waals surface area contributed by atoms with Gasteiger partial charge in [-0.1, -0.05) is 103 Å². The predicted octanol–water partition coefficient (Wildman–Crippen LogP) is 12.9. The molecule has 10 aromatic rings. The number of nitrogens with zero attached hydrogens (tertiary/aromatic N) is 2. The molecule has 7 aromatic carbocycles. The molecule has 0 saturated heterocycles. The zero-order valence-corrected chi connectivity index (χ0v) is 28.5. The second-order valence-corrected chi connectivity index (χ2v) is 14.1. The normalized spacial score (nSPS) is 13.8. The van der Waals surface area contributed by atoms with Crippen LogP contribution >= 0.6 is 0 Å². The van der Waals surface area contributed by atoms with Gasteiger partial charge in [-0.3, -0.25) is 0 Å². The van der Waals surface area contributed by atoms with E-state index < -0.39 is 5.41 Å². The maximum atomic E-state index is 6.23. The van der Waals surface area contributed by atoms with Crippen molar-refractivity contribution in [3.8, 4) is 28.3 Å². The van der Waals surface area contributed by atoms with Gasteiger partial charge in [0.1, 0.15) is 0 Å². The Hall–Kier alpha value is -7.04. The Bertz CT molecular complexity index is 3050. The minimum atomic E-state index is -0.646. The van der Waals surface area contributed by atoms with Crippen LogP contribution in [0.1, 0.15) is 22.3 Å². The van der Waals surface area contributed by atoms with Crippen molar-refractivity contribution in [3.05, 3.63) is 205 Å². The molecule has 0 N–H and O–H groups in total. The van der Waals surface area contributed by atoms with Gasteiger partial charge in [-0.15, -0.1) is 0 Å². The largest absolute Gasteiger partial charge is 0.461 e. The summed E-state index contributed by atoms with van der Waals surface area (Å²) < 4.78 is 14.9. The highest BCUT2D eigenvalue weighted by molar-refractivity contribution is 6.12. The van der Waals surface area contributed by atoms with Crippen molar-refractivity contribution in [3.63, 3.8) is 0 Å². The molecule has 12 rings (SSSR count). The molecule has 4 heteroatoms. The molecular weight excluding hydrogens is 649 g/mol. The van der Waals surface area contributed by atoms with E-state index in [1.807, 2.05) is 0 Å². The number of furan rings is 2. The van der Waals surface area contributed by atoms with Gasteiger partial charge in [-0.05, 0) is 99.8 Å². The van der Waals surface area contributed by atoms with Gasteiger partial charge in [0.2, 0.25) is 0 Å². The third-order valence-corrected chi connectivity index (χ3v) is 11.5. The van der Waals surface area contributed by atoms with Gasteiger partial charge < -0.3 is 18.3 Å². The Balaban J connectivity index is 1.20. The lowest BCUT2D eigenvalue weighted by Crippen LogP contribution is -2.35. The number of hydrogen-bond donors (Lipinski definition) is 0. The van der Waals surface area contributed by atoms with Crippen LogP contribution in [-0.4, -0.2) is 4.57 Å². The molecule has 4 nitrogen and oxygen atoms in total. The maximum absolute atomic E-state index is 6.23. The number of rotatable bonds is 3. The summed E-state index contributed by atoms with van der Waals surface area (Å²) in [6.45, 7) is 0. The molecular formula is C49H30N2O2. The number of hydrogen-bond acceptors (Lipinski definition) is 3. The first-order valence-electron chi connectivity index (χ1n) is 18.1. The zero-order valence-electron chi connectivity index (χ0n) is 28.5. The van der Waals surface area contributed by atoms with E-state index in [9.17, 15) is 0 Å². The van der Waals surface area contributed by atoms with Gasteiger partial charge in [0, 0.05) is 33.3 Å². The molecule has 0 atom stereocenters. The monoisotopic (exact) mass is 678 g/mol. The van der Waals surface area contributed by atoms with Crippen LogP contribution < -0.4 is 4.90 Å². The quantitative estimate of drug-likeness (QED) is 0.187. The first-order valence-corrected chi connectivity index (χ1v) is 18.1. The molecule has 1 spiro atoms. The molecule has 1 aliphatic heterocycles. The van der Waals surface area contributed by atoms with Gasteiger partial charge >= 0.3 is 0 Å². The van der Waals surface area contributed by atoms with Crippen LogP contribution in [-0.2, 0) is 5.41 Å². The van der Waals surface area contributed by atoms with Crippen molar-refractivity contribution in [1.82, 2.24) is 4.57 Å². The van der Waals surface area contributed by atoms with Crippen LogP contribution in [0, 0.1) is 0 Å². The fourth-order valence-corrected chi connectivity index (χ4v) is 9.36. The summed E-state index contributed by atoms with van der Waals surface area (Å²) in [6.07, 6.45) is 3.61. The molecule has 1 aliphatic carbocycles. The maximum Gasteiger partial charge on any atom is 0.174 e. The highest BCUT2D eigenvalue weighted by atomic mass is 16.4. The zero-order chi connectivity index (χ0) is 34.7. The van der Waals surface area contributed by atoms with Crippen molar-refractivity contribution >= 4 is 49.6 Å². The molecule has 53 heavy (non-hydrogen) atoms. The smallest absolute Gasteiger partial charge is 0.174 e. The standard InChI is InChI=1S/C49H30N2O2/c1-2-14-35(15-3-1)50-43-19-8-6-17-37(43)38-29-42-46(30-45(38)50)51(36-16-10-13-33(28-36)34-22-21-31-11-4-5-12-32(31)27-34)44-20-9-7-18-39(44)49(42)40-23-25-52-47(40)48-41(49)24-26-53-48/h1-30H. The Morgan fingerprint density at radius 3 is 1.94 bits per heavy atom. The number of fused-ring (bicyclic) bond motifs is 13. The Labute approximate surface area is 305 Å². The van der Waals surface area contributed by atoms with Crippen molar-refractivity contribution in [2.75, 3.05) is 4.90 Å². The van der Waals surface area contributed by atoms with E-state index in [-0.39, 0.29) is 0 Å². The molecule has 2 aliphatic rings. The molecule has 0 saturated carbocycles. The number of aromatic nitrogens is 1. The molecule has 248 valence electrons. The van der Waals surface area contributed by atoms with Gasteiger partial charge in [0.05, 0.1) is 40.3 Å². The average Bonchev–Trinajstić information content (AvgIpc) is 4.01. The minimum absolute atomic E-state index is 0.646. The first-order chi connectivity index (χ1) is 26.3.